The van der Waals surface area contributed by atoms with Crippen LogP contribution in [0.15, 0.2) is 72.8 Å². The summed E-state index contributed by atoms with van der Waals surface area (Å²) in [7, 11) is 0. The first-order chi connectivity index (χ1) is 19.6. The normalized spacial score (nSPS) is 11.1. The molecule has 0 spiro atoms. The molecule has 9 heteroatoms. The van der Waals surface area contributed by atoms with Gasteiger partial charge in [-0.1, -0.05) is 99.4 Å². The van der Waals surface area contributed by atoms with E-state index in [1.54, 1.807) is 28.9 Å². The molecule has 1 aromatic heterocycles. The van der Waals surface area contributed by atoms with E-state index in [1.807, 2.05) is 55.5 Å². The van der Waals surface area contributed by atoms with Gasteiger partial charge in [-0.2, -0.15) is 5.10 Å². The number of anilines is 2. The summed E-state index contributed by atoms with van der Waals surface area (Å²) in [5.74, 6) is 0.533. The van der Waals surface area contributed by atoms with Crippen LogP contribution >= 0.6 is 23.2 Å². The lowest BCUT2D eigenvalue weighted by Crippen LogP contribution is -2.41. The van der Waals surface area contributed by atoms with E-state index in [2.05, 4.69) is 38.3 Å². The number of para-hydroxylation sites is 1. The first-order valence-electron chi connectivity index (χ1n) is 13.7. The number of hydrogen-bond acceptors (Lipinski definition) is 3. The highest BCUT2D eigenvalue weighted by Crippen LogP contribution is 2.33. The minimum atomic E-state index is -0.357. The molecule has 0 fully saturated rings. The van der Waals surface area contributed by atoms with Crippen molar-refractivity contribution in [3.8, 4) is 16.9 Å². The van der Waals surface area contributed by atoms with Crippen LogP contribution in [-0.2, 0) is 4.79 Å². The number of hydrogen-bond donors (Lipinski definition) is 2. The van der Waals surface area contributed by atoms with Crippen LogP contribution in [0, 0.1) is 0 Å². The summed E-state index contributed by atoms with van der Waals surface area (Å²) in [4.78, 5) is 28.2. The molecule has 214 valence electrons. The van der Waals surface area contributed by atoms with Crippen molar-refractivity contribution in [1.29, 1.82) is 0 Å². The quantitative estimate of drug-likeness (QED) is 0.204. The van der Waals surface area contributed by atoms with Crippen molar-refractivity contribution in [2.45, 2.75) is 46.5 Å². The summed E-state index contributed by atoms with van der Waals surface area (Å²) in [6.45, 7) is 10.4. The standard InChI is InChI=1S/C32H35Cl2N5O2/c1-6-38(32(41)36-31-24(20(2)3)13-10-14-25(31)21(4)5)19-30(40)35-29-18-28(22-11-8-7-9-12-22)37-39(29)23-15-16-26(33)27(34)17-23/h7-18,20-21H,6,19H2,1-5H3,(H,35,40)(H,36,41). The third-order valence-electron chi connectivity index (χ3n) is 6.80. The average molecular weight is 593 g/mol. The lowest BCUT2D eigenvalue weighted by atomic mass is 9.93. The summed E-state index contributed by atoms with van der Waals surface area (Å²) in [6, 6.07) is 22.3. The Morgan fingerprint density at radius 3 is 2.10 bits per heavy atom. The number of benzene rings is 3. The highest BCUT2D eigenvalue weighted by molar-refractivity contribution is 6.42. The Kier molecular flexibility index (Phi) is 9.73. The van der Waals surface area contributed by atoms with Gasteiger partial charge in [0.25, 0.3) is 0 Å². The van der Waals surface area contributed by atoms with Crippen LogP contribution in [0.2, 0.25) is 10.0 Å². The van der Waals surface area contributed by atoms with Gasteiger partial charge in [0.15, 0.2) is 0 Å². The van der Waals surface area contributed by atoms with Crippen LogP contribution in [0.4, 0.5) is 16.3 Å². The topological polar surface area (TPSA) is 79.3 Å². The third kappa shape index (κ3) is 7.10. The number of nitrogens with one attached hydrogen (secondary N) is 2. The molecule has 0 aliphatic carbocycles. The zero-order valence-electron chi connectivity index (χ0n) is 23.9. The Balaban J connectivity index is 1.58. The summed E-state index contributed by atoms with van der Waals surface area (Å²) in [5, 5.41) is 11.6. The van der Waals surface area contributed by atoms with Crippen LogP contribution in [-0.4, -0.2) is 39.7 Å². The van der Waals surface area contributed by atoms with Crippen molar-refractivity contribution < 1.29 is 9.59 Å². The van der Waals surface area contributed by atoms with E-state index in [1.165, 1.54) is 4.90 Å². The van der Waals surface area contributed by atoms with Gasteiger partial charge in [0.05, 0.1) is 21.4 Å². The Morgan fingerprint density at radius 2 is 1.51 bits per heavy atom. The molecule has 3 amide bonds. The molecule has 0 unspecified atom stereocenters. The van der Waals surface area contributed by atoms with Gasteiger partial charge < -0.3 is 15.5 Å². The van der Waals surface area contributed by atoms with Crippen molar-refractivity contribution in [2.24, 2.45) is 0 Å². The van der Waals surface area contributed by atoms with Crippen molar-refractivity contribution >= 4 is 46.6 Å². The Bertz CT molecular complexity index is 1510. The lowest BCUT2D eigenvalue weighted by Gasteiger charge is -2.25. The van der Waals surface area contributed by atoms with E-state index in [-0.39, 0.29) is 30.3 Å². The number of halogens is 2. The molecule has 0 saturated carbocycles. The minimum Gasteiger partial charge on any atom is -0.315 e. The fourth-order valence-electron chi connectivity index (χ4n) is 4.60. The maximum atomic E-state index is 13.4. The molecule has 41 heavy (non-hydrogen) atoms. The van der Waals surface area contributed by atoms with Gasteiger partial charge in [-0.15, -0.1) is 0 Å². The molecule has 0 saturated heterocycles. The zero-order valence-corrected chi connectivity index (χ0v) is 25.4. The van der Waals surface area contributed by atoms with Gasteiger partial charge in [-0.25, -0.2) is 9.48 Å². The molecule has 0 aliphatic rings. The minimum absolute atomic E-state index is 0.142. The monoisotopic (exact) mass is 591 g/mol. The van der Waals surface area contributed by atoms with E-state index in [4.69, 9.17) is 28.3 Å². The predicted molar refractivity (Wildman–Crippen MR) is 169 cm³/mol. The number of aromatic nitrogens is 2. The maximum Gasteiger partial charge on any atom is 0.322 e. The summed E-state index contributed by atoms with van der Waals surface area (Å²) < 4.78 is 1.60. The number of carbonyl (C=O) groups excluding carboxylic acids is 2. The van der Waals surface area contributed by atoms with Gasteiger partial charge in [0.2, 0.25) is 5.91 Å². The zero-order chi connectivity index (χ0) is 29.7. The van der Waals surface area contributed by atoms with Crippen molar-refractivity contribution in [3.63, 3.8) is 0 Å². The molecule has 4 aromatic rings. The molecule has 2 N–H and O–H groups in total. The van der Waals surface area contributed by atoms with Gasteiger partial charge in [0.1, 0.15) is 12.4 Å². The Morgan fingerprint density at radius 1 is 0.854 bits per heavy atom. The van der Waals surface area contributed by atoms with Crippen molar-refractivity contribution in [1.82, 2.24) is 14.7 Å². The lowest BCUT2D eigenvalue weighted by molar-refractivity contribution is -0.116. The average Bonchev–Trinajstić information content (AvgIpc) is 3.37. The van der Waals surface area contributed by atoms with Crippen molar-refractivity contribution in [3.05, 3.63) is 94.0 Å². The highest BCUT2D eigenvalue weighted by Gasteiger charge is 2.22. The second kappa shape index (κ2) is 13.2. The first-order valence-corrected chi connectivity index (χ1v) is 14.4. The third-order valence-corrected chi connectivity index (χ3v) is 7.54. The van der Waals surface area contributed by atoms with Crippen LogP contribution in [0.1, 0.15) is 57.6 Å². The second-order valence-electron chi connectivity index (χ2n) is 10.4. The van der Waals surface area contributed by atoms with E-state index >= 15 is 0 Å². The number of carbonyl (C=O) groups is 2. The van der Waals surface area contributed by atoms with E-state index in [0.29, 0.717) is 33.8 Å². The highest BCUT2D eigenvalue weighted by atomic mass is 35.5. The molecule has 4 rings (SSSR count). The van der Waals surface area contributed by atoms with Crippen LogP contribution in [0.25, 0.3) is 16.9 Å². The van der Waals surface area contributed by atoms with Gasteiger partial charge >= 0.3 is 6.03 Å². The van der Waals surface area contributed by atoms with E-state index < -0.39 is 0 Å². The summed E-state index contributed by atoms with van der Waals surface area (Å²) in [5.41, 5.74) is 5.12. The Labute approximate surface area is 251 Å². The van der Waals surface area contributed by atoms with Crippen molar-refractivity contribution in [2.75, 3.05) is 23.7 Å². The molecule has 0 aliphatic heterocycles. The van der Waals surface area contributed by atoms with E-state index in [9.17, 15) is 9.59 Å². The summed E-state index contributed by atoms with van der Waals surface area (Å²) in [6.07, 6.45) is 0. The fraction of sp³-hybridized carbons (Fsp3) is 0.281. The number of nitrogens with zero attached hydrogens (tertiary/aromatic N) is 3. The van der Waals surface area contributed by atoms with Crippen LogP contribution in [0.3, 0.4) is 0 Å². The van der Waals surface area contributed by atoms with Crippen LogP contribution in [0.5, 0.6) is 0 Å². The molecule has 0 radical (unpaired) electrons. The van der Waals surface area contributed by atoms with Gasteiger partial charge in [0, 0.05) is 23.9 Å². The van der Waals surface area contributed by atoms with Gasteiger partial charge in [-0.05, 0) is 48.1 Å². The largest absolute Gasteiger partial charge is 0.322 e. The Hall–Kier alpha value is -3.81. The maximum absolute atomic E-state index is 13.4. The molecule has 0 atom stereocenters. The molecule has 7 nitrogen and oxygen atoms in total. The second-order valence-corrected chi connectivity index (χ2v) is 11.2. The predicted octanol–water partition coefficient (Wildman–Crippen LogP) is 8.59. The SMILES string of the molecule is CCN(CC(=O)Nc1cc(-c2ccccc2)nn1-c1ccc(Cl)c(Cl)c1)C(=O)Nc1c(C(C)C)cccc1C(C)C. The number of rotatable bonds is 9. The molecular weight excluding hydrogens is 557 g/mol. The van der Waals surface area contributed by atoms with Gasteiger partial charge in [-0.3, -0.25) is 4.79 Å². The number of amides is 3. The van der Waals surface area contributed by atoms with E-state index in [0.717, 1.165) is 22.4 Å². The molecule has 3 aromatic carbocycles. The van der Waals surface area contributed by atoms with Crippen LogP contribution < -0.4 is 10.6 Å². The summed E-state index contributed by atoms with van der Waals surface area (Å²) >= 11 is 12.4. The number of likely N-dealkylation sites (N-methyl/N-ethyl adjacent to an activating group) is 1. The molecule has 1 heterocycles. The number of urea groups is 1. The fourth-order valence-corrected chi connectivity index (χ4v) is 4.89. The first kappa shape index (κ1) is 30.2. The molecular formula is C32H35Cl2N5O2. The molecule has 0 bridgehead atoms. The smallest absolute Gasteiger partial charge is 0.315 e.